The maximum atomic E-state index is 10.9. The van der Waals surface area contributed by atoms with Crippen LogP contribution in [0.2, 0.25) is 0 Å². The van der Waals surface area contributed by atoms with E-state index < -0.39 is 4.92 Å². The molecule has 0 aliphatic heterocycles. The summed E-state index contributed by atoms with van der Waals surface area (Å²) in [5.74, 6) is 1.57. The second kappa shape index (κ2) is 5.38. The Morgan fingerprint density at radius 1 is 1.39 bits per heavy atom. The Balaban J connectivity index is 2.16. The molecule has 6 heteroatoms. The summed E-state index contributed by atoms with van der Waals surface area (Å²) in [6, 6.07) is 8.77. The molecule has 0 aliphatic carbocycles. The normalized spacial score (nSPS) is 10.3. The van der Waals surface area contributed by atoms with E-state index in [1.807, 2.05) is 47.7 Å². The topological polar surface area (TPSA) is 68.3 Å². The zero-order valence-electron chi connectivity index (χ0n) is 9.64. The van der Waals surface area contributed by atoms with Crippen LogP contribution in [-0.4, -0.2) is 4.92 Å². The zero-order chi connectivity index (χ0) is 13.1. The Morgan fingerprint density at radius 3 is 2.78 bits per heavy atom. The highest BCUT2D eigenvalue weighted by atomic mass is 127. The summed E-state index contributed by atoms with van der Waals surface area (Å²) in [7, 11) is 0. The summed E-state index contributed by atoms with van der Waals surface area (Å²) in [5.41, 5.74) is 0.569. The van der Waals surface area contributed by atoms with Crippen LogP contribution < -0.4 is 5.32 Å². The molecule has 0 saturated carbocycles. The monoisotopic (exact) mass is 358 g/mol. The molecule has 0 unspecified atom stereocenters. The fraction of sp³-hybridized carbons (Fsp3) is 0.167. The summed E-state index contributed by atoms with van der Waals surface area (Å²) < 4.78 is 6.23. The molecular formula is C12H11IN2O3. The highest BCUT2D eigenvalue weighted by Gasteiger charge is 2.14. The molecule has 0 saturated heterocycles. The Kier molecular flexibility index (Phi) is 3.85. The van der Waals surface area contributed by atoms with Gasteiger partial charge in [0.2, 0.25) is 0 Å². The Morgan fingerprint density at radius 2 is 2.17 bits per heavy atom. The van der Waals surface area contributed by atoms with Gasteiger partial charge < -0.3 is 9.73 Å². The first-order chi connectivity index (χ1) is 8.56. The second-order valence-corrected chi connectivity index (χ2v) is 5.03. The molecule has 0 aliphatic rings. The number of halogens is 1. The quantitative estimate of drug-likeness (QED) is 0.514. The van der Waals surface area contributed by atoms with Crippen LogP contribution in [0, 0.1) is 20.6 Å². The molecule has 0 amide bonds. The zero-order valence-corrected chi connectivity index (χ0v) is 11.8. The number of nitrogens with one attached hydrogen (secondary N) is 1. The number of anilines is 1. The summed E-state index contributed by atoms with van der Waals surface area (Å²) in [6.45, 7) is 2.28. The van der Waals surface area contributed by atoms with E-state index >= 15 is 0 Å². The Bertz CT molecular complexity index is 580. The van der Waals surface area contributed by atoms with Gasteiger partial charge in [0.1, 0.15) is 17.2 Å². The van der Waals surface area contributed by atoms with E-state index in [0.29, 0.717) is 12.2 Å². The lowest BCUT2D eigenvalue weighted by Gasteiger charge is -2.05. The first-order valence-electron chi connectivity index (χ1n) is 5.29. The number of aryl methyl sites for hydroxylation is 1. The highest BCUT2D eigenvalue weighted by Crippen LogP contribution is 2.26. The molecule has 0 bridgehead atoms. The van der Waals surface area contributed by atoms with Gasteiger partial charge in [-0.2, -0.15) is 0 Å². The van der Waals surface area contributed by atoms with Gasteiger partial charge in [0.05, 0.1) is 11.5 Å². The number of hydrogen-bond acceptors (Lipinski definition) is 4. The third-order valence-electron chi connectivity index (χ3n) is 2.41. The Hall–Kier alpha value is -1.57. The maximum absolute atomic E-state index is 10.9. The summed E-state index contributed by atoms with van der Waals surface area (Å²) in [5, 5.41) is 13.9. The summed E-state index contributed by atoms with van der Waals surface area (Å²) in [4.78, 5) is 10.5. The van der Waals surface area contributed by atoms with Crippen molar-refractivity contribution in [1.29, 1.82) is 0 Å². The van der Waals surface area contributed by atoms with Crippen LogP contribution in [0.15, 0.2) is 34.7 Å². The van der Waals surface area contributed by atoms with Crippen molar-refractivity contribution >= 4 is 34.0 Å². The first kappa shape index (κ1) is 12.9. The Labute approximate surface area is 117 Å². The molecule has 18 heavy (non-hydrogen) atoms. The number of rotatable bonds is 4. The van der Waals surface area contributed by atoms with E-state index in [0.717, 1.165) is 15.1 Å². The molecule has 0 atom stereocenters. The largest absolute Gasteiger partial charge is 0.465 e. The van der Waals surface area contributed by atoms with Crippen molar-refractivity contribution in [2.75, 3.05) is 5.32 Å². The van der Waals surface area contributed by atoms with Crippen LogP contribution >= 0.6 is 22.6 Å². The molecule has 1 aromatic heterocycles. The summed E-state index contributed by atoms with van der Waals surface area (Å²) in [6.07, 6.45) is 0. The van der Waals surface area contributed by atoms with Crippen molar-refractivity contribution in [3.63, 3.8) is 0 Å². The van der Waals surface area contributed by atoms with Gasteiger partial charge in [-0.15, -0.1) is 0 Å². The van der Waals surface area contributed by atoms with Gasteiger partial charge in [0, 0.05) is 9.64 Å². The molecule has 0 fully saturated rings. The van der Waals surface area contributed by atoms with Crippen LogP contribution in [0.3, 0.4) is 0 Å². The molecule has 1 heterocycles. The van der Waals surface area contributed by atoms with Crippen molar-refractivity contribution in [3.8, 4) is 0 Å². The number of furan rings is 1. The average molecular weight is 358 g/mol. The minimum absolute atomic E-state index is 0.0742. The fourth-order valence-electron chi connectivity index (χ4n) is 1.57. The molecule has 2 rings (SSSR count). The average Bonchev–Trinajstić information content (AvgIpc) is 2.73. The molecule has 5 nitrogen and oxygen atoms in total. The van der Waals surface area contributed by atoms with E-state index in [-0.39, 0.29) is 5.69 Å². The predicted molar refractivity (Wildman–Crippen MR) is 76.6 cm³/mol. The number of nitro groups is 1. The van der Waals surface area contributed by atoms with Crippen molar-refractivity contribution in [1.82, 2.24) is 0 Å². The van der Waals surface area contributed by atoms with Crippen molar-refractivity contribution < 1.29 is 9.34 Å². The maximum Gasteiger partial charge on any atom is 0.293 e. The van der Waals surface area contributed by atoms with E-state index in [9.17, 15) is 10.1 Å². The van der Waals surface area contributed by atoms with E-state index in [4.69, 9.17) is 4.42 Å². The summed E-state index contributed by atoms with van der Waals surface area (Å²) >= 11 is 2.05. The molecule has 1 aromatic carbocycles. The number of nitro benzene ring substituents is 1. The lowest BCUT2D eigenvalue weighted by atomic mass is 10.2. The highest BCUT2D eigenvalue weighted by molar-refractivity contribution is 14.1. The van der Waals surface area contributed by atoms with Crippen LogP contribution in [0.5, 0.6) is 0 Å². The lowest BCUT2D eigenvalue weighted by molar-refractivity contribution is -0.384. The SMILES string of the molecule is Cc1ccc(CNc2ccc(I)cc2[N+](=O)[O-])o1. The van der Waals surface area contributed by atoms with E-state index in [2.05, 4.69) is 5.32 Å². The van der Waals surface area contributed by atoms with Crippen molar-refractivity contribution in [2.45, 2.75) is 13.5 Å². The molecule has 1 N–H and O–H groups in total. The minimum Gasteiger partial charge on any atom is -0.465 e. The molecule has 0 spiro atoms. The number of benzene rings is 1. The fourth-order valence-corrected chi connectivity index (χ4v) is 2.04. The van der Waals surface area contributed by atoms with Crippen LogP contribution in [0.25, 0.3) is 0 Å². The van der Waals surface area contributed by atoms with Gasteiger partial charge in [-0.3, -0.25) is 10.1 Å². The van der Waals surface area contributed by atoms with Crippen LogP contribution in [0.1, 0.15) is 11.5 Å². The minimum atomic E-state index is -0.391. The van der Waals surface area contributed by atoms with Gasteiger partial charge in [-0.25, -0.2) is 0 Å². The van der Waals surface area contributed by atoms with Crippen LogP contribution in [0.4, 0.5) is 11.4 Å². The third-order valence-corrected chi connectivity index (χ3v) is 3.08. The van der Waals surface area contributed by atoms with Gasteiger partial charge in [0.15, 0.2) is 0 Å². The van der Waals surface area contributed by atoms with Crippen molar-refractivity contribution in [2.24, 2.45) is 0 Å². The lowest BCUT2D eigenvalue weighted by Crippen LogP contribution is -2.02. The molecule has 2 aromatic rings. The van der Waals surface area contributed by atoms with Gasteiger partial charge in [-0.05, 0) is 53.8 Å². The predicted octanol–water partition coefficient (Wildman–Crippen LogP) is 3.71. The van der Waals surface area contributed by atoms with Crippen LogP contribution in [-0.2, 0) is 6.54 Å². The third kappa shape index (κ3) is 3.00. The first-order valence-corrected chi connectivity index (χ1v) is 6.37. The van der Waals surface area contributed by atoms with Crippen molar-refractivity contribution in [3.05, 3.63) is 55.5 Å². The molecule has 94 valence electrons. The second-order valence-electron chi connectivity index (χ2n) is 3.78. The molecular weight excluding hydrogens is 347 g/mol. The van der Waals surface area contributed by atoms with E-state index in [1.54, 1.807) is 6.07 Å². The van der Waals surface area contributed by atoms with Gasteiger partial charge >= 0.3 is 0 Å². The number of hydrogen-bond donors (Lipinski definition) is 1. The smallest absolute Gasteiger partial charge is 0.293 e. The number of nitrogens with zero attached hydrogens (tertiary/aromatic N) is 1. The molecule has 0 radical (unpaired) electrons. The van der Waals surface area contributed by atoms with Gasteiger partial charge in [0.25, 0.3) is 5.69 Å². The van der Waals surface area contributed by atoms with E-state index in [1.165, 1.54) is 6.07 Å². The van der Waals surface area contributed by atoms with Gasteiger partial charge in [-0.1, -0.05) is 0 Å². The standard InChI is InChI=1S/C12H11IN2O3/c1-8-2-4-10(18-8)7-14-11-5-3-9(13)6-12(11)15(16)17/h2-6,14H,7H2,1H3.